The van der Waals surface area contributed by atoms with Crippen molar-refractivity contribution in [1.82, 2.24) is 14.5 Å². The third-order valence-corrected chi connectivity index (χ3v) is 3.78. The molecule has 0 bridgehead atoms. The van der Waals surface area contributed by atoms with E-state index in [1.54, 1.807) is 45.3 Å². The summed E-state index contributed by atoms with van der Waals surface area (Å²) in [5.74, 6) is -0.497. The van der Waals surface area contributed by atoms with Crippen molar-refractivity contribution in [3.63, 3.8) is 0 Å². The lowest BCUT2D eigenvalue weighted by Gasteiger charge is -2.19. The molecule has 3 aromatic heterocycles. The lowest BCUT2D eigenvalue weighted by Crippen LogP contribution is -2.26. The summed E-state index contributed by atoms with van der Waals surface area (Å²) in [6, 6.07) is 5.06. The van der Waals surface area contributed by atoms with Crippen LogP contribution in [0.3, 0.4) is 0 Å². The third kappa shape index (κ3) is 3.66. The maximum Gasteiger partial charge on any atom is 0.420 e. The number of anilines is 1. The lowest BCUT2D eigenvalue weighted by molar-refractivity contribution is 0.0543. The fraction of sp³-hybridized carbons (Fsp3) is 0.316. The second-order valence-corrected chi connectivity index (χ2v) is 7.25. The van der Waals surface area contributed by atoms with Crippen molar-refractivity contribution < 1.29 is 13.9 Å². The Hall–Kier alpha value is -2.96. The van der Waals surface area contributed by atoms with Crippen LogP contribution >= 0.6 is 0 Å². The molecule has 0 saturated heterocycles. The van der Waals surface area contributed by atoms with Crippen molar-refractivity contribution in [3.8, 4) is 0 Å². The second-order valence-electron chi connectivity index (χ2n) is 7.25. The number of carbonyl (C=O) groups is 1. The van der Waals surface area contributed by atoms with Crippen molar-refractivity contribution in [3.05, 3.63) is 53.2 Å². The molecule has 136 valence electrons. The predicted molar refractivity (Wildman–Crippen MR) is 97.5 cm³/mol. The number of halogens is 1. The molecule has 0 atom stereocenters. The van der Waals surface area contributed by atoms with Gasteiger partial charge in [-0.2, -0.15) is 4.39 Å². The Morgan fingerprint density at radius 2 is 2.04 bits per heavy atom. The molecule has 0 aliphatic carbocycles. The van der Waals surface area contributed by atoms with Crippen molar-refractivity contribution in [2.24, 2.45) is 0 Å². The van der Waals surface area contributed by atoms with Crippen molar-refractivity contribution in [1.29, 1.82) is 0 Å². The molecule has 0 amide bonds. The lowest BCUT2D eigenvalue weighted by atomic mass is 10.1. The maximum absolute atomic E-state index is 14.1. The highest BCUT2D eigenvalue weighted by molar-refractivity contribution is 5.90. The third-order valence-electron chi connectivity index (χ3n) is 3.78. The average Bonchev–Trinajstić information content (AvgIpc) is 2.86. The number of nitrogen functional groups attached to an aromatic ring is 1. The van der Waals surface area contributed by atoms with Gasteiger partial charge in [0, 0.05) is 29.8 Å². The molecule has 0 fully saturated rings. The van der Waals surface area contributed by atoms with E-state index in [0.717, 1.165) is 16.5 Å². The summed E-state index contributed by atoms with van der Waals surface area (Å²) >= 11 is 0. The van der Waals surface area contributed by atoms with E-state index in [2.05, 4.69) is 9.97 Å². The number of ether oxygens (including phenoxy) is 1. The molecule has 3 aromatic rings. The summed E-state index contributed by atoms with van der Waals surface area (Å²) in [6.07, 6.45) is 3.05. The van der Waals surface area contributed by atoms with Crippen LogP contribution in [-0.4, -0.2) is 26.2 Å². The van der Waals surface area contributed by atoms with E-state index in [0.29, 0.717) is 11.2 Å². The highest BCUT2D eigenvalue weighted by Gasteiger charge is 2.22. The van der Waals surface area contributed by atoms with Gasteiger partial charge in [-0.1, -0.05) is 6.07 Å². The number of aryl methyl sites for hydroxylation is 1. The van der Waals surface area contributed by atoms with Crippen LogP contribution in [0.4, 0.5) is 15.0 Å². The molecule has 3 heterocycles. The Bertz CT molecular complexity index is 989. The van der Waals surface area contributed by atoms with Crippen LogP contribution in [0.2, 0.25) is 0 Å². The number of nitrogens with zero attached hydrogens (tertiary/aromatic N) is 3. The van der Waals surface area contributed by atoms with Gasteiger partial charge < -0.3 is 10.5 Å². The fourth-order valence-corrected chi connectivity index (χ4v) is 2.68. The first-order chi connectivity index (χ1) is 12.1. The number of aromatic nitrogens is 3. The predicted octanol–water partition coefficient (Wildman–Crippen LogP) is 3.84. The van der Waals surface area contributed by atoms with Gasteiger partial charge in [-0.3, -0.25) is 0 Å². The summed E-state index contributed by atoms with van der Waals surface area (Å²) in [5.41, 5.74) is 7.44. The van der Waals surface area contributed by atoms with Crippen molar-refractivity contribution in [2.45, 2.75) is 39.7 Å². The molecule has 7 heteroatoms. The van der Waals surface area contributed by atoms with Gasteiger partial charge in [-0.05, 0) is 51.0 Å². The molecule has 3 rings (SSSR count). The van der Waals surface area contributed by atoms with Gasteiger partial charge >= 0.3 is 6.09 Å². The monoisotopic (exact) mass is 356 g/mol. The van der Waals surface area contributed by atoms with Crippen LogP contribution in [0.5, 0.6) is 0 Å². The van der Waals surface area contributed by atoms with Crippen LogP contribution in [-0.2, 0) is 11.2 Å². The summed E-state index contributed by atoms with van der Waals surface area (Å²) in [7, 11) is 0. The molecule has 0 saturated carbocycles. The van der Waals surface area contributed by atoms with Crippen LogP contribution < -0.4 is 5.73 Å². The van der Waals surface area contributed by atoms with Gasteiger partial charge in [0.2, 0.25) is 5.95 Å². The fourth-order valence-electron chi connectivity index (χ4n) is 2.68. The van der Waals surface area contributed by atoms with Crippen LogP contribution in [0.25, 0.3) is 11.0 Å². The van der Waals surface area contributed by atoms with Gasteiger partial charge in [-0.15, -0.1) is 0 Å². The summed E-state index contributed by atoms with van der Waals surface area (Å²) in [4.78, 5) is 20.6. The first-order valence-corrected chi connectivity index (χ1v) is 8.25. The quantitative estimate of drug-likeness (QED) is 0.706. The molecule has 0 aliphatic heterocycles. The SMILES string of the molecule is Cc1cnc2c(c1)c(Cc1ccc(N)nc1F)cn2C(=O)OC(C)(C)C. The van der Waals surface area contributed by atoms with Crippen LogP contribution in [0.1, 0.15) is 37.5 Å². The Morgan fingerprint density at radius 3 is 2.69 bits per heavy atom. The van der Waals surface area contributed by atoms with Crippen LogP contribution in [0, 0.1) is 12.9 Å². The number of carbonyl (C=O) groups excluding carboxylic acids is 1. The van der Waals surface area contributed by atoms with E-state index in [4.69, 9.17) is 10.5 Å². The minimum atomic E-state index is -0.633. The Labute approximate surface area is 150 Å². The van der Waals surface area contributed by atoms with Gasteiger partial charge in [0.25, 0.3) is 0 Å². The van der Waals surface area contributed by atoms with E-state index in [9.17, 15) is 9.18 Å². The number of hydrogen-bond acceptors (Lipinski definition) is 5. The number of hydrogen-bond donors (Lipinski definition) is 1. The molecule has 2 N–H and O–H groups in total. The van der Waals surface area contributed by atoms with Gasteiger partial charge in [-0.25, -0.2) is 19.3 Å². The number of fused-ring (bicyclic) bond motifs is 1. The Balaban J connectivity index is 2.07. The average molecular weight is 356 g/mol. The molecule has 0 aliphatic rings. The first kappa shape index (κ1) is 17.8. The second kappa shape index (κ2) is 6.40. The largest absolute Gasteiger partial charge is 0.443 e. The van der Waals surface area contributed by atoms with E-state index >= 15 is 0 Å². The molecule has 0 aromatic carbocycles. The minimum Gasteiger partial charge on any atom is -0.443 e. The van der Waals surface area contributed by atoms with E-state index in [1.807, 2.05) is 13.0 Å². The van der Waals surface area contributed by atoms with Gasteiger partial charge in [0.1, 0.15) is 17.1 Å². The molecule has 6 nitrogen and oxygen atoms in total. The first-order valence-electron chi connectivity index (χ1n) is 8.25. The Morgan fingerprint density at radius 1 is 1.31 bits per heavy atom. The zero-order valence-corrected chi connectivity index (χ0v) is 15.2. The van der Waals surface area contributed by atoms with Crippen molar-refractivity contribution >= 4 is 22.9 Å². The smallest absolute Gasteiger partial charge is 0.420 e. The molecule has 0 radical (unpaired) electrons. The van der Waals surface area contributed by atoms with Gasteiger partial charge in [0.15, 0.2) is 0 Å². The van der Waals surface area contributed by atoms with E-state index in [1.165, 1.54) is 4.57 Å². The van der Waals surface area contributed by atoms with E-state index < -0.39 is 17.6 Å². The molecular weight excluding hydrogens is 335 g/mol. The molecular formula is C19H21FN4O2. The topological polar surface area (TPSA) is 83.0 Å². The van der Waals surface area contributed by atoms with E-state index in [-0.39, 0.29) is 12.2 Å². The van der Waals surface area contributed by atoms with Crippen molar-refractivity contribution in [2.75, 3.05) is 5.73 Å². The van der Waals surface area contributed by atoms with Gasteiger partial charge in [0.05, 0.1) is 0 Å². The molecule has 26 heavy (non-hydrogen) atoms. The highest BCUT2D eigenvalue weighted by Crippen LogP contribution is 2.25. The number of nitrogens with two attached hydrogens (primary N) is 1. The summed E-state index contributed by atoms with van der Waals surface area (Å²) in [5, 5.41) is 0.770. The zero-order valence-electron chi connectivity index (χ0n) is 15.2. The summed E-state index contributed by atoms with van der Waals surface area (Å²) in [6.45, 7) is 7.30. The molecule has 0 spiro atoms. The van der Waals surface area contributed by atoms with Crippen LogP contribution in [0.15, 0.2) is 30.6 Å². The maximum atomic E-state index is 14.1. The minimum absolute atomic E-state index is 0.125. The number of pyridine rings is 2. The number of rotatable bonds is 2. The normalized spacial score (nSPS) is 11.7. The highest BCUT2D eigenvalue weighted by atomic mass is 19.1. The summed E-state index contributed by atoms with van der Waals surface area (Å²) < 4.78 is 20.9. The standard InChI is InChI=1S/C19H21FN4O2/c1-11-7-14-13(8-12-5-6-15(21)23-16(12)20)10-24(17(14)22-9-11)18(25)26-19(2,3)4/h5-7,9-10H,8H2,1-4H3,(H2,21,23). The Kier molecular flexibility index (Phi) is 4.39. The molecule has 0 unspecified atom stereocenters. The zero-order chi connectivity index (χ0) is 19.1.